The van der Waals surface area contributed by atoms with Crippen molar-refractivity contribution in [2.45, 2.75) is 19.6 Å². The van der Waals surface area contributed by atoms with Crippen LogP contribution in [0.4, 0.5) is 5.69 Å². The summed E-state index contributed by atoms with van der Waals surface area (Å²) >= 11 is 0. The molecule has 0 unspecified atom stereocenters. The fraction of sp³-hybridized carbons (Fsp3) is 0.250. The first-order chi connectivity index (χ1) is 9.28. The molecular formula is C16H18N2O. The normalized spacial score (nSPS) is 14.4. The zero-order valence-corrected chi connectivity index (χ0v) is 11.1. The van der Waals surface area contributed by atoms with Crippen molar-refractivity contribution in [3.05, 3.63) is 59.2 Å². The summed E-state index contributed by atoms with van der Waals surface area (Å²) < 4.78 is 5.41. The zero-order chi connectivity index (χ0) is 13.2. The second-order valence-corrected chi connectivity index (χ2v) is 4.94. The minimum Gasteiger partial charge on any atom is -0.496 e. The van der Waals surface area contributed by atoms with Crippen molar-refractivity contribution < 1.29 is 4.74 Å². The first-order valence-electron chi connectivity index (χ1n) is 6.48. The van der Waals surface area contributed by atoms with Gasteiger partial charge in [0.1, 0.15) is 5.75 Å². The number of hydrogen-bond acceptors (Lipinski definition) is 3. The van der Waals surface area contributed by atoms with Gasteiger partial charge in [-0.25, -0.2) is 0 Å². The molecule has 0 aromatic heterocycles. The van der Waals surface area contributed by atoms with E-state index in [2.05, 4.69) is 23.1 Å². The van der Waals surface area contributed by atoms with Crippen molar-refractivity contribution in [3.63, 3.8) is 0 Å². The number of hydrogen-bond donors (Lipinski definition) is 1. The van der Waals surface area contributed by atoms with Crippen LogP contribution < -0.4 is 10.5 Å². The maximum Gasteiger partial charge on any atom is 0.123 e. The molecule has 2 aromatic rings. The second kappa shape index (κ2) is 4.94. The molecule has 0 radical (unpaired) electrons. The molecule has 2 aromatic carbocycles. The van der Waals surface area contributed by atoms with E-state index >= 15 is 0 Å². The number of nitrogens with two attached hydrogens (primary N) is 1. The van der Waals surface area contributed by atoms with Crippen molar-refractivity contribution in [1.29, 1.82) is 0 Å². The van der Waals surface area contributed by atoms with E-state index in [1.54, 1.807) is 7.11 Å². The SMILES string of the molecule is COc1ccccc1CN1Cc2cccc(N)c2C1. The Morgan fingerprint density at radius 3 is 2.74 bits per heavy atom. The molecule has 98 valence electrons. The average Bonchev–Trinajstić information content (AvgIpc) is 2.83. The molecule has 3 rings (SSSR count). The summed E-state index contributed by atoms with van der Waals surface area (Å²) in [7, 11) is 1.72. The molecule has 1 aliphatic heterocycles. The molecule has 0 bridgehead atoms. The minimum atomic E-state index is 0.887. The maximum atomic E-state index is 6.03. The summed E-state index contributed by atoms with van der Waals surface area (Å²) in [6, 6.07) is 14.3. The molecule has 0 fully saturated rings. The Kier molecular flexibility index (Phi) is 3.13. The van der Waals surface area contributed by atoms with Crippen LogP contribution in [0.3, 0.4) is 0 Å². The fourth-order valence-electron chi connectivity index (χ4n) is 2.70. The van der Waals surface area contributed by atoms with Gasteiger partial charge < -0.3 is 10.5 Å². The number of benzene rings is 2. The summed E-state index contributed by atoms with van der Waals surface area (Å²) in [4.78, 5) is 2.39. The average molecular weight is 254 g/mol. The van der Waals surface area contributed by atoms with Crippen LogP contribution >= 0.6 is 0 Å². The van der Waals surface area contributed by atoms with Gasteiger partial charge in [0, 0.05) is 30.9 Å². The predicted octanol–water partition coefficient (Wildman–Crippen LogP) is 2.79. The Morgan fingerprint density at radius 2 is 1.95 bits per heavy atom. The maximum absolute atomic E-state index is 6.03. The highest BCUT2D eigenvalue weighted by Gasteiger charge is 2.21. The first kappa shape index (κ1) is 12.1. The monoisotopic (exact) mass is 254 g/mol. The van der Waals surface area contributed by atoms with E-state index < -0.39 is 0 Å². The molecule has 2 N–H and O–H groups in total. The fourth-order valence-corrected chi connectivity index (χ4v) is 2.70. The Labute approximate surface area is 113 Å². The number of fused-ring (bicyclic) bond motifs is 1. The van der Waals surface area contributed by atoms with Gasteiger partial charge in [-0.2, -0.15) is 0 Å². The van der Waals surface area contributed by atoms with Crippen LogP contribution in [-0.4, -0.2) is 12.0 Å². The molecule has 1 aliphatic rings. The molecule has 0 atom stereocenters. The van der Waals surface area contributed by atoms with Crippen molar-refractivity contribution in [2.75, 3.05) is 12.8 Å². The molecule has 3 nitrogen and oxygen atoms in total. The van der Waals surface area contributed by atoms with Gasteiger partial charge in [-0.1, -0.05) is 30.3 Å². The van der Waals surface area contributed by atoms with Crippen molar-refractivity contribution in [1.82, 2.24) is 4.90 Å². The van der Waals surface area contributed by atoms with Gasteiger partial charge in [0.15, 0.2) is 0 Å². The highest BCUT2D eigenvalue weighted by molar-refractivity contribution is 5.52. The number of ether oxygens (including phenoxy) is 1. The lowest BCUT2D eigenvalue weighted by atomic mass is 10.1. The van der Waals surface area contributed by atoms with Gasteiger partial charge in [0.05, 0.1) is 7.11 Å². The van der Waals surface area contributed by atoms with E-state index in [-0.39, 0.29) is 0 Å². The predicted molar refractivity (Wildman–Crippen MR) is 76.8 cm³/mol. The van der Waals surface area contributed by atoms with Gasteiger partial charge in [-0.05, 0) is 23.3 Å². The Bertz CT molecular complexity index is 595. The van der Waals surface area contributed by atoms with Crippen LogP contribution in [0.15, 0.2) is 42.5 Å². The molecule has 19 heavy (non-hydrogen) atoms. The van der Waals surface area contributed by atoms with Gasteiger partial charge in [0.25, 0.3) is 0 Å². The standard InChI is InChI=1S/C16H18N2O/c1-19-16-8-3-2-5-13(16)10-18-9-12-6-4-7-15(17)14(12)11-18/h2-8H,9-11,17H2,1H3. The number of nitrogen functional groups attached to an aromatic ring is 1. The summed E-state index contributed by atoms with van der Waals surface area (Å²) in [6.45, 7) is 2.76. The number of anilines is 1. The van der Waals surface area contributed by atoms with Crippen LogP contribution in [0, 0.1) is 0 Å². The molecule has 0 aliphatic carbocycles. The third kappa shape index (κ3) is 2.29. The molecule has 0 amide bonds. The van der Waals surface area contributed by atoms with Gasteiger partial charge in [0.2, 0.25) is 0 Å². The lowest BCUT2D eigenvalue weighted by molar-refractivity contribution is 0.270. The van der Waals surface area contributed by atoms with Crippen molar-refractivity contribution >= 4 is 5.69 Å². The van der Waals surface area contributed by atoms with Crippen molar-refractivity contribution in [3.8, 4) is 5.75 Å². The summed E-state index contributed by atoms with van der Waals surface area (Å²) in [6.07, 6.45) is 0. The van der Waals surface area contributed by atoms with Crippen LogP contribution in [-0.2, 0) is 19.6 Å². The van der Waals surface area contributed by atoms with Gasteiger partial charge in [-0.3, -0.25) is 4.90 Å². The van der Waals surface area contributed by atoms with E-state index in [0.717, 1.165) is 31.1 Å². The molecule has 0 saturated heterocycles. The van der Waals surface area contributed by atoms with Crippen LogP contribution in [0.5, 0.6) is 5.75 Å². The molecule has 0 saturated carbocycles. The molecule has 0 spiro atoms. The van der Waals surface area contributed by atoms with Gasteiger partial charge in [-0.15, -0.1) is 0 Å². The highest BCUT2D eigenvalue weighted by Crippen LogP contribution is 2.30. The van der Waals surface area contributed by atoms with E-state index in [0.29, 0.717) is 0 Å². The smallest absolute Gasteiger partial charge is 0.123 e. The van der Waals surface area contributed by atoms with Crippen molar-refractivity contribution in [2.24, 2.45) is 0 Å². The Morgan fingerprint density at radius 1 is 1.11 bits per heavy atom. The third-order valence-electron chi connectivity index (χ3n) is 3.67. The molecular weight excluding hydrogens is 236 g/mol. The van der Waals surface area contributed by atoms with Gasteiger partial charge >= 0.3 is 0 Å². The number of methoxy groups -OCH3 is 1. The topological polar surface area (TPSA) is 38.5 Å². The number of rotatable bonds is 3. The van der Waals surface area contributed by atoms with Crippen LogP contribution in [0.25, 0.3) is 0 Å². The zero-order valence-electron chi connectivity index (χ0n) is 11.1. The summed E-state index contributed by atoms with van der Waals surface area (Å²) in [5, 5.41) is 0. The quantitative estimate of drug-likeness (QED) is 0.856. The third-order valence-corrected chi connectivity index (χ3v) is 3.67. The lowest BCUT2D eigenvalue weighted by Crippen LogP contribution is -2.16. The van der Waals surface area contributed by atoms with E-state index in [1.807, 2.05) is 24.3 Å². The van der Waals surface area contributed by atoms with E-state index in [9.17, 15) is 0 Å². The largest absolute Gasteiger partial charge is 0.496 e. The van der Waals surface area contributed by atoms with E-state index in [4.69, 9.17) is 10.5 Å². The van der Waals surface area contributed by atoms with E-state index in [1.165, 1.54) is 16.7 Å². The van der Waals surface area contributed by atoms with Crippen LogP contribution in [0.2, 0.25) is 0 Å². The summed E-state index contributed by atoms with van der Waals surface area (Å²) in [5.41, 5.74) is 10.8. The highest BCUT2D eigenvalue weighted by atomic mass is 16.5. The minimum absolute atomic E-state index is 0.887. The summed E-state index contributed by atoms with van der Waals surface area (Å²) in [5.74, 6) is 0.950. The molecule has 3 heteroatoms. The lowest BCUT2D eigenvalue weighted by Gasteiger charge is -2.16. The number of nitrogens with zero attached hydrogens (tertiary/aromatic N) is 1. The molecule has 1 heterocycles. The van der Waals surface area contributed by atoms with Crippen LogP contribution in [0.1, 0.15) is 16.7 Å². The Balaban J connectivity index is 1.79. The first-order valence-corrected chi connectivity index (χ1v) is 6.48. The number of para-hydroxylation sites is 1. The second-order valence-electron chi connectivity index (χ2n) is 4.94. The Hall–Kier alpha value is -2.00.